The zero-order chi connectivity index (χ0) is 10.7. The monoisotopic (exact) mass is 205 g/mol. The SMILES string of the molecule is Nc1ccc(F)cc1NC1=CN=CCC1. The minimum atomic E-state index is -0.299. The molecule has 0 radical (unpaired) electrons. The maximum absolute atomic E-state index is 13.0. The summed E-state index contributed by atoms with van der Waals surface area (Å²) >= 11 is 0. The Kier molecular flexibility index (Phi) is 2.67. The number of halogens is 1. The average Bonchev–Trinajstić information content (AvgIpc) is 2.25. The Morgan fingerprint density at radius 1 is 1.40 bits per heavy atom. The Hall–Kier alpha value is -1.84. The van der Waals surface area contributed by atoms with Crippen molar-refractivity contribution in [2.24, 2.45) is 4.99 Å². The molecule has 1 aliphatic rings. The summed E-state index contributed by atoms with van der Waals surface area (Å²) in [6, 6.07) is 4.27. The van der Waals surface area contributed by atoms with Crippen molar-refractivity contribution < 1.29 is 4.39 Å². The Morgan fingerprint density at radius 2 is 2.27 bits per heavy atom. The molecule has 0 unspecified atom stereocenters. The highest BCUT2D eigenvalue weighted by Gasteiger charge is 2.04. The fourth-order valence-corrected chi connectivity index (χ4v) is 1.41. The highest BCUT2D eigenvalue weighted by Crippen LogP contribution is 2.22. The summed E-state index contributed by atoms with van der Waals surface area (Å²) in [6.45, 7) is 0. The van der Waals surface area contributed by atoms with Crippen molar-refractivity contribution in [2.75, 3.05) is 11.1 Å². The van der Waals surface area contributed by atoms with E-state index in [1.807, 2.05) is 6.21 Å². The van der Waals surface area contributed by atoms with Gasteiger partial charge in [-0.1, -0.05) is 0 Å². The number of rotatable bonds is 2. The number of aliphatic imine (C=N–C) groups is 1. The molecule has 1 heterocycles. The summed E-state index contributed by atoms with van der Waals surface area (Å²) in [5.74, 6) is -0.299. The molecule has 4 heteroatoms. The molecule has 0 atom stereocenters. The molecule has 0 spiro atoms. The molecule has 0 saturated carbocycles. The molecule has 15 heavy (non-hydrogen) atoms. The van der Waals surface area contributed by atoms with Gasteiger partial charge in [-0.05, 0) is 31.0 Å². The van der Waals surface area contributed by atoms with Gasteiger partial charge in [-0.2, -0.15) is 0 Å². The van der Waals surface area contributed by atoms with Crippen molar-refractivity contribution in [3.8, 4) is 0 Å². The van der Waals surface area contributed by atoms with Crippen LogP contribution in [-0.4, -0.2) is 6.21 Å². The number of anilines is 2. The fraction of sp³-hybridized carbons (Fsp3) is 0.182. The van der Waals surface area contributed by atoms with E-state index in [1.54, 1.807) is 12.3 Å². The molecule has 1 aromatic rings. The first kappa shape index (κ1) is 9.71. The van der Waals surface area contributed by atoms with Crippen LogP contribution in [0.1, 0.15) is 12.8 Å². The number of nitrogens with two attached hydrogens (primary N) is 1. The van der Waals surface area contributed by atoms with Gasteiger partial charge in [-0.3, -0.25) is 4.99 Å². The molecule has 1 aromatic carbocycles. The predicted molar refractivity (Wildman–Crippen MR) is 60.2 cm³/mol. The highest BCUT2D eigenvalue weighted by atomic mass is 19.1. The van der Waals surface area contributed by atoms with Crippen molar-refractivity contribution in [3.05, 3.63) is 35.9 Å². The van der Waals surface area contributed by atoms with Gasteiger partial charge in [0.2, 0.25) is 0 Å². The number of hydrogen-bond donors (Lipinski definition) is 2. The molecule has 0 aromatic heterocycles. The molecule has 3 N–H and O–H groups in total. The molecule has 0 aliphatic carbocycles. The topological polar surface area (TPSA) is 50.4 Å². The minimum absolute atomic E-state index is 0.299. The zero-order valence-corrected chi connectivity index (χ0v) is 8.20. The van der Waals surface area contributed by atoms with Crippen LogP contribution in [0.25, 0.3) is 0 Å². The van der Waals surface area contributed by atoms with E-state index in [2.05, 4.69) is 10.3 Å². The number of hydrogen-bond acceptors (Lipinski definition) is 3. The van der Waals surface area contributed by atoms with E-state index < -0.39 is 0 Å². The van der Waals surface area contributed by atoms with E-state index in [0.29, 0.717) is 11.4 Å². The first-order chi connectivity index (χ1) is 7.25. The third-order valence-corrected chi connectivity index (χ3v) is 2.19. The van der Waals surface area contributed by atoms with E-state index in [9.17, 15) is 4.39 Å². The molecular formula is C11H12FN3. The van der Waals surface area contributed by atoms with Gasteiger partial charge >= 0.3 is 0 Å². The summed E-state index contributed by atoms with van der Waals surface area (Å²) in [7, 11) is 0. The molecule has 3 nitrogen and oxygen atoms in total. The number of benzene rings is 1. The van der Waals surface area contributed by atoms with Gasteiger partial charge in [0.05, 0.1) is 11.4 Å². The standard InChI is InChI=1S/C11H12FN3/c12-8-3-4-10(13)11(6-8)15-9-2-1-5-14-7-9/h3-7,15H,1-2,13H2. The van der Waals surface area contributed by atoms with Gasteiger partial charge in [0.15, 0.2) is 0 Å². The van der Waals surface area contributed by atoms with Gasteiger partial charge in [-0.15, -0.1) is 0 Å². The quantitative estimate of drug-likeness (QED) is 0.729. The van der Waals surface area contributed by atoms with Gasteiger partial charge < -0.3 is 11.1 Å². The number of nitrogens with zero attached hydrogens (tertiary/aromatic N) is 1. The van der Waals surface area contributed by atoms with Gasteiger partial charge in [0, 0.05) is 18.1 Å². The van der Waals surface area contributed by atoms with Crippen LogP contribution < -0.4 is 11.1 Å². The van der Waals surface area contributed by atoms with E-state index in [4.69, 9.17) is 5.73 Å². The van der Waals surface area contributed by atoms with E-state index in [1.165, 1.54) is 12.1 Å². The van der Waals surface area contributed by atoms with E-state index in [0.717, 1.165) is 18.5 Å². The molecular weight excluding hydrogens is 193 g/mol. The molecule has 78 valence electrons. The molecule has 0 fully saturated rings. The third kappa shape index (κ3) is 2.34. The normalized spacial score (nSPS) is 14.9. The fourth-order valence-electron chi connectivity index (χ4n) is 1.41. The molecule has 0 saturated heterocycles. The van der Waals surface area contributed by atoms with E-state index >= 15 is 0 Å². The van der Waals surface area contributed by atoms with Crippen molar-refractivity contribution >= 4 is 17.6 Å². The number of nitrogen functional groups attached to an aromatic ring is 1. The average molecular weight is 205 g/mol. The predicted octanol–water partition coefficient (Wildman–Crippen LogP) is 2.53. The van der Waals surface area contributed by atoms with Gasteiger partial charge in [0.25, 0.3) is 0 Å². The number of nitrogens with one attached hydrogen (secondary N) is 1. The highest BCUT2D eigenvalue weighted by molar-refractivity contribution is 5.69. The molecule has 0 bridgehead atoms. The van der Waals surface area contributed by atoms with Crippen molar-refractivity contribution in [3.63, 3.8) is 0 Å². The molecule has 0 amide bonds. The zero-order valence-electron chi connectivity index (χ0n) is 8.20. The Balaban J connectivity index is 2.19. The van der Waals surface area contributed by atoms with Crippen molar-refractivity contribution in [1.82, 2.24) is 0 Å². The lowest BCUT2D eigenvalue weighted by Crippen LogP contribution is -2.05. The summed E-state index contributed by atoms with van der Waals surface area (Å²) in [5, 5.41) is 3.07. The Bertz CT molecular complexity index is 424. The second-order valence-electron chi connectivity index (χ2n) is 3.38. The van der Waals surface area contributed by atoms with Gasteiger partial charge in [-0.25, -0.2) is 4.39 Å². The first-order valence-electron chi connectivity index (χ1n) is 4.78. The molecule has 2 rings (SSSR count). The molecule has 1 aliphatic heterocycles. The smallest absolute Gasteiger partial charge is 0.125 e. The summed E-state index contributed by atoms with van der Waals surface area (Å²) in [6.07, 6.45) is 5.35. The second kappa shape index (κ2) is 4.13. The lowest BCUT2D eigenvalue weighted by Gasteiger charge is -2.13. The van der Waals surface area contributed by atoms with Crippen LogP contribution in [0, 0.1) is 5.82 Å². The van der Waals surface area contributed by atoms with Crippen molar-refractivity contribution in [2.45, 2.75) is 12.8 Å². The van der Waals surface area contributed by atoms with Crippen molar-refractivity contribution in [1.29, 1.82) is 0 Å². The van der Waals surface area contributed by atoms with Crippen LogP contribution in [0.3, 0.4) is 0 Å². The Labute approximate surface area is 87.5 Å². The van der Waals surface area contributed by atoms with Crippen LogP contribution >= 0.6 is 0 Å². The van der Waals surface area contributed by atoms with E-state index in [-0.39, 0.29) is 5.82 Å². The van der Waals surface area contributed by atoms with Crippen LogP contribution in [0.5, 0.6) is 0 Å². The lowest BCUT2D eigenvalue weighted by atomic mass is 10.2. The summed E-state index contributed by atoms with van der Waals surface area (Å²) in [5.41, 5.74) is 7.80. The van der Waals surface area contributed by atoms with Crippen LogP contribution in [0.4, 0.5) is 15.8 Å². The lowest BCUT2D eigenvalue weighted by molar-refractivity contribution is 0.628. The maximum Gasteiger partial charge on any atom is 0.125 e. The minimum Gasteiger partial charge on any atom is -0.397 e. The van der Waals surface area contributed by atoms with Crippen LogP contribution in [0.2, 0.25) is 0 Å². The summed E-state index contributed by atoms with van der Waals surface area (Å²) < 4.78 is 13.0. The first-order valence-corrected chi connectivity index (χ1v) is 4.78. The Morgan fingerprint density at radius 3 is 3.00 bits per heavy atom. The number of allylic oxidation sites excluding steroid dienone is 1. The third-order valence-electron chi connectivity index (χ3n) is 2.19. The van der Waals surface area contributed by atoms with Gasteiger partial charge in [0.1, 0.15) is 5.82 Å². The largest absolute Gasteiger partial charge is 0.397 e. The summed E-state index contributed by atoms with van der Waals surface area (Å²) in [4.78, 5) is 4.02. The van der Waals surface area contributed by atoms with Crippen LogP contribution in [0.15, 0.2) is 35.1 Å². The maximum atomic E-state index is 13.0. The van der Waals surface area contributed by atoms with Crippen LogP contribution in [-0.2, 0) is 0 Å². The second-order valence-corrected chi connectivity index (χ2v) is 3.38.